The van der Waals surface area contributed by atoms with E-state index in [4.69, 9.17) is 0 Å². The molecule has 0 heterocycles. The lowest BCUT2D eigenvalue weighted by Gasteiger charge is -2.44. The van der Waals surface area contributed by atoms with E-state index in [1.807, 2.05) is 0 Å². The molecule has 9 aliphatic carbocycles. The zero-order valence-corrected chi connectivity index (χ0v) is 34.6. The molecule has 0 bridgehead atoms. The van der Waals surface area contributed by atoms with Crippen LogP contribution in [0.1, 0.15) is 103 Å². The fourth-order valence-corrected chi connectivity index (χ4v) is 10.6. The standard InChI is InChI=1S/C54H64N4/c1-7-19-43(20-8-1)55(44-21-9-2-10-22-44)49-31-37-52(38-32-49)58(53-39-33-50(34-40-53)56(45-23-11-3-12-24-45)46-25-13-4-14-26-46)54-41-35-51(36-42-54)57(47-27-15-5-16-28-47)48-29-17-6-18-30-48/h1-3,5,7-12,15,19,21,23,25,27,29,31,33-39,41,43-45,49,53-54H,4,6,13-14,16-18,20,22,24,26,28,30,32,40,42H2. The van der Waals surface area contributed by atoms with Crippen LogP contribution in [0.4, 0.5) is 0 Å². The third kappa shape index (κ3) is 8.78. The number of allylic oxidation sites excluding steroid dienone is 17. The van der Waals surface area contributed by atoms with Gasteiger partial charge in [-0.15, -0.1) is 0 Å². The van der Waals surface area contributed by atoms with Gasteiger partial charge in [-0.2, -0.15) is 0 Å². The third-order valence-electron chi connectivity index (χ3n) is 13.5. The summed E-state index contributed by atoms with van der Waals surface area (Å²) in [6.07, 6.45) is 80.5. The largest absolute Gasteiger partial charge is 0.358 e. The van der Waals surface area contributed by atoms with Crippen molar-refractivity contribution in [1.82, 2.24) is 19.6 Å². The van der Waals surface area contributed by atoms with Gasteiger partial charge in [-0.3, -0.25) is 4.90 Å². The summed E-state index contributed by atoms with van der Waals surface area (Å²) in [6, 6.07) is 2.13. The zero-order chi connectivity index (χ0) is 38.9. The van der Waals surface area contributed by atoms with Gasteiger partial charge in [-0.05, 0) is 127 Å². The lowest BCUT2D eigenvalue weighted by molar-refractivity contribution is 0.148. The second-order valence-electron chi connectivity index (χ2n) is 17.3. The van der Waals surface area contributed by atoms with Crippen LogP contribution in [0.15, 0.2) is 192 Å². The molecule has 0 saturated heterocycles. The maximum atomic E-state index is 2.77. The molecule has 0 amide bonds. The zero-order valence-electron chi connectivity index (χ0n) is 34.6. The first-order valence-corrected chi connectivity index (χ1v) is 22.8. The van der Waals surface area contributed by atoms with Crippen LogP contribution in [0.5, 0.6) is 0 Å². The van der Waals surface area contributed by atoms with Crippen LogP contribution in [0.2, 0.25) is 0 Å². The third-order valence-corrected chi connectivity index (χ3v) is 13.5. The van der Waals surface area contributed by atoms with E-state index < -0.39 is 0 Å². The number of hydrogen-bond donors (Lipinski definition) is 0. The average Bonchev–Trinajstić information content (AvgIpc) is 3.30. The van der Waals surface area contributed by atoms with Crippen LogP contribution in [0, 0.1) is 0 Å². The Morgan fingerprint density at radius 2 is 0.931 bits per heavy atom. The summed E-state index contributed by atoms with van der Waals surface area (Å²) >= 11 is 0. The Bertz CT molecular complexity index is 1980. The second-order valence-corrected chi connectivity index (χ2v) is 17.3. The molecule has 0 saturated carbocycles. The van der Waals surface area contributed by atoms with Crippen molar-refractivity contribution < 1.29 is 0 Å². The summed E-state index contributed by atoms with van der Waals surface area (Å²) in [5, 5.41) is 0. The molecule has 6 unspecified atom stereocenters. The maximum absolute atomic E-state index is 2.77. The fourth-order valence-electron chi connectivity index (χ4n) is 10.6. The Morgan fingerprint density at radius 1 is 0.379 bits per heavy atom. The molecule has 0 aromatic rings. The first kappa shape index (κ1) is 38.7. The molecule has 0 aliphatic heterocycles. The van der Waals surface area contributed by atoms with E-state index in [9.17, 15) is 0 Å². The average molecular weight is 769 g/mol. The summed E-state index contributed by atoms with van der Waals surface area (Å²) in [4.78, 5) is 10.8. The molecular formula is C54H64N4. The van der Waals surface area contributed by atoms with Gasteiger partial charge in [0.1, 0.15) is 0 Å². The van der Waals surface area contributed by atoms with Crippen molar-refractivity contribution in [2.24, 2.45) is 0 Å². The minimum absolute atomic E-state index is 0.278. The molecule has 6 atom stereocenters. The van der Waals surface area contributed by atoms with Gasteiger partial charge in [0.2, 0.25) is 0 Å². The van der Waals surface area contributed by atoms with E-state index in [-0.39, 0.29) is 12.1 Å². The summed E-state index contributed by atoms with van der Waals surface area (Å²) in [6.45, 7) is 0. The molecule has 0 radical (unpaired) electrons. The predicted molar refractivity (Wildman–Crippen MR) is 244 cm³/mol. The highest BCUT2D eigenvalue weighted by Crippen LogP contribution is 2.38. The number of nitrogens with zero attached hydrogens (tertiary/aromatic N) is 4. The van der Waals surface area contributed by atoms with Crippen LogP contribution in [-0.4, -0.2) is 55.9 Å². The van der Waals surface area contributed by atoms with Crippen molar-refractivity contribution in [2.45, 2.75) is 139 Å². The molecule has 0 aromatic carbocycles. The Hall–Kier alpha value is -4.80. The molecule has 4 heteroatoms. The van der Waals surface area contributed by atoms with Crippen molar-refractivity contribution in [3.8, 4) is 0 Å². The molecule has 9 aliphatic rings. The summed E-state index contributed by atoms with van der Waals surface area (Å²) < 4.78 is 0. The van der Waals surface area contributed by atoms with Crippen LogP contribution in [-0.2, 0) is 0 Å². The van der Waals surface area contributed by atoms with E-state index in [1.54, 1.807) is 0 Å². The molecule has 0 aromatic heterocycles. The number of hydrogen-bond acceptors (Lipinski definition) is 4. The van der Waals surface area contributed by atoms with Crippen LogP contribution in [0.25, 0.3) is 0 Å². The number of rotatable bonds is 12. The smallest absolute Gasteiger partial charge is 0.0556 e. The van der Waals surface area contributed by atoms with E-state index in [2.05, 4.69) is 178 Å². The van der Waals surface area contributed by atoms with E-state index in [0.717, 1.165) is 51.4 Å². The van der Waals surface area contributed by atoms with Crippen LogP contribution < -0.4 is 0 Å². The van der Waals surface area contributed by atoms with Gasteiger partial charge in [0, 0.05) is 52.3 Å². The minimum Gasteiger partial charge on any atom is -0.358 e. The fraction of sp³-hybridized carbons (Fsp3) is 0.407. The van der Waals surface area contributed by atoms with Gasteiger partial charge in [0.25, 0.3) is 0 Å². The van der Waals surface area contributed by atoms with E-state index in [1.165, 1.54) is 85.5 Å². The monoisotopic (exact) mass is 769 g/mol. The maximum Gasteiger partial charge on any atom is 0.0556 e. The highest BCUT2D eigenvalue weighted by atomic mass is 15.2. The van der Waals surface area contributed by atoms with Crippen LogP contribution in [0.3, 0.4) is 0 Å². The first-order valence-electron chi connectivity index (χ1n) is 22.8. The minimum atomic E-state index is 0.278. The first-order chi connectivity index (χ1) is 28.8. The van der Waals surface area contributed by atoms with Crippen molar-refractivity contribution in [3.63, 3.8) is 0 Å². The highest BCUT2D eigenvalue weighted by Gasteiger charge is 2.34. The lowest BCUT2D eigenvalue weighted by atomic mass is 9.92. The Labute approximate surface area is 349 Å². The van der Waals surface area contributed by atoms with Crippen molar-refractivity contribution in [2.75, 3.05) is 0 Å². The van der Waals surface area contributed by atoms with Crippen molar-refractivity contribution >= 4 is 0 Å². The summed E-state index contributed by atoms with van der Waals surface area (Å²) in [7, 11) is 0. The Balaban J connectivity index is 0.996. The van der Waals surface area contributed by atoms with Gasteiger partial charge < -0.3 is 14.7 Å². The molecule has 0 fully saturated rings. The molecule has 300 valence electrons. The van der Waals surface area contributed by atoms with E-state index in [0.29, 0.717) is 24.2 Å². The molecule has 58 heavy (non-hydrogen) atoms. The van der Waals surface area contributed by atoms with E-state index >= 15 is 0 Å². The van der Waals surface area contributed by atoms with Gasteiger partial charge in [0.05, 0.1) is 18.1 Å². The van der Waals surface area contributed by atoms with Crippen molar-refractivity contribution in [3.05, 3.63) is 192 Å². The molecule has 0 N–H and O–H groups in total. The second kappa shape index (κ2) is 18.9. The van der Waals surface area contributed by atoms with Gasteiger partial charge in [-0.1, -0.05) is 134 Å². The van der Waals surface area contributed by atoms with Crippen molar-refractivity contribution in [1.29, 1.82) is 0 Å². The van der Waals surface area contributed by atoms with Crippen LogP contribution >= 0.6 is 0 Å². The summed E-state index contributed by atoms with van der Waals surface area (Å²) in [5.74, 6) is 0. The molecule has 0 spiro atoms. The Kier molecular flexibility index (Phi) is 12.6. The quantitative estimate of drug-likeness (QED) is 0.196. The highest BCUT2D eigenvalue weighted by molar-refractivity contribution is 5.39. The summed E-state index contributed by atoms with van der Waals surface area (Å²) in [5.41, 5.74) is 8.54. The van der Waals surface area contributed by atoms with Gasteiger partial charge in [-0.25, -0.2) is 0 Å². The lowest BCUT2D eigenvalue weighted by Crippen LogP contribution is -2.49. The molecule has 9 rings (SSSR count). The molecule has 4 nitrogen and oxygen atoms in total. The predicted octanol–water partition coefficient (Wildman–Crippen LogP) is 12.6. The Morgan fingerprint density at radius 3 is 1.45 bits per heavy atom. The topological polar surface area (TPSA) is 13.0 Å². The normalized spacial score (nSPS) is 30.1. The SMILES string of the molecule is C1=CCCC(N(C2=CCC(N(C3=CCC(N(C4C=CC=CC4)C4C=CC=CC4)C=C3)C3C=CC(N(C4=CCCCC4)C4C=CC=CC4)=CC3)C=C2)C2=CCCCC2)=C1. The molecular weight excluding hydrogens is 705 g/mol. The van der Waals surface area contributed by atoms with Gasteiger partial charge in [0.15, 0.2) is 0 Å². The van der Waals surface area contributed by atoms with Gasteiger partial charge >= 0.3 is 0 Å².